The van der Waals surface area contributed by atoms with Gasteiger partial charge in [-0.25, -0.2) is 0 Å². The predicted molar refractivity (Wildman–Crippen MR) is 103 cm³/mol. The number of hydrogen-bond donors (Lipinski definition) is 3. The van der Waals surface area contributed by atoms with Crippen molar-refractivity contribution in [3.63, 3.8) is 0 Å². The summed E-state index contributed by atoms with van der Waals surface area (Å²) in [6, 6.07) is 1.60. The molecule has 3 N–H and O–H groups in total. The number of pyridine rings is 1. The molecule has 2 fully saturated rings. The van der Waals surface area contributed by atoms with Crippen LogP contribution < -0.4 is 5.32 Å². The Kier molecular flexibility index (Phi) is 7.18. The number of likely N-dealkylation sites (tertiary alicyclic amines) is 1. The van der Waals surface area contributed by atoms with E-state index in [1.165, 1.54) is 38.1 Å². The number of carbonyl (C=O) groups excluding carboxylic acids is 1. The van der Waals surface area contributed by atoms with Crippen molar-refractivity contribution >= 4 is 12.0 Å². The van der Waals surface area contributed by atoms with Gasteiger partial charge in [-0.3, -0.25) is 9.78 Å². The van der Waals surface area contributed by atoms with Crippen LogP contribution in [0.5, 0.6) is 0 Å². The van der Waals surface area contributed by atoms with Gasteiger partial charge >= 0.3 is 0 Å². The summed E-state index contributed by atoms with van der Waals surface area (Å²) in [5.74, 6) is 0. The van der Waals surface area contributed by atoms with Gasteiger partial charge in [-0.15, -0.1) is 0 Å². The summed E-state index contributed by atoms with van der Waals surface area (Å²) in [5, 5.41) is 23.5. The van der Waals surface area contributed by atoms with E-state index in [1.54, 1.807) is 6.07 Å². The predicted octanol–water partition coefficient (Wildman–Crippen LogP) is 1.66. The third kappa shape index (κ3) is 5.72. The molecule has 0 bridgehead atoms. The molecule has 0 saturated carbocycles. The van der Waals surface area contributed by atoms with Crippen molar-refractivity contribution in [3.05, 3.63) is 24.0 Å². The summed E-state index contributed by atoms with van der Waals surface area (Å²) in [6.45, 7) is 4.08. The average Bonchev–Trinajstić information content (AvgIpc) is 2.67. The molecule has 27 heavy (non-hydrogen) atoms. The van der Waals surface area contributed by atoms with Gasteiger partial charge in [0.15, 0.2) is 12.5 Å². The first kappa shape index (κ1) is 20.2. The molecule has 3 rings (SSSR count). The quantitative estimate of drug-likeness (QED) is 0.513. The maximum atomic E-state index is 10.8. The van der Waals surface area contributed by atoms with E-state index in [0.29, 0.717) is 29.5 Å². The largest absolute Gasteiger partial charge is 0.387 e. The van der Waals surface area contributed by atoms with Crippen molar-refractivity contribution in [2.45, 2.75) is 50.9 Å². The van der Waals surface area contributed by atoms with Crippen LogP contribution in [0.4, 0.5) is 5.69 Å². The fourth-order valence-electron chi connectivity index (χ4n) is 4.31. The number of ether oxygens (including phenoxy) is 1. The van der Waals surface area contributed by atoms with Crippen molar-refractivity contribution < 1.29 is 19.7 Å². The number of anilines is 1. The Balaban J connectivity index is 1.47. The molecule has 2 saturated heterocycles. The lowest BCUT2D eigenvalue weighted by atomic mass is 9.72. The molecular formula is C20H31N3O4. The van der Waals surface area contributed by atoms with Crippen LogP contribution >= 0.6 is 0 Å². The van der Waals surface area contributed by atoms with E-state index >= 15 is 0 Å². The number of aliphatic hydroxyl groups excluding tert-OH is 2. The van der Waals surface area contributed by atoms with E-state index in [9.17, 15) is 15.0 Å². The Morgan fingerprint density at radius 1 is 1.19 bits per heavy atom. The Labute approximate surface area is 160 Å². The lowest BCUT2D eigenvalue weighted by molar-refractivity contribution is -0.0135. The molecule has 2 unspecified atom stereocenters. The molecule has 7 heteroatoms. The number of aromatic nitrogens is 1. The molecule has 0 amide bonds. The highest BCUT2D eigenvalue weighted by atomic mass is 16.5. The van der Waals surface area contributed by atoms with Gasteiger partial charge in [0.2, 0.25) is 0 Å². The van der Waals surface area contributed by atoms with Gasteiger partial charge in [0, 0.05) is 31.5 Å². The monoisotopic (exact) mass is 377 g/mol. The van der Waals surface area contributed by atoms with Gasteiger partial charge < -0.3 is 25.2 Å². The highest BCUT2D eigenvalue weighted by Crippen LogP contribution is 2.40. The molecule has 1 aromatic heterocycles. The van der Waals surface area contributed by atoms with Crippen LogP contribution in [-0.4, -0.2) is 71.6 Å². The molecule has 2 aliphatic rings. The first-order chi connectivity index (χ1) is 13.1. The van der Waals surface area contributed by atoms with E-state index < -0.39 is 12.3 Å². The standard InChI is InChI=1S/C20H31N3O4/c24-15-16-11-17(13-21-12-16)22-19(26)18(25)14-23-7-1-3-20(4-2-8-23)5-9-27-10-6-20/h11-13,15,18-19,22,25-26H,1-10,14H2. The summed E-state index contributed by atoms with van der Waals surface area (Å²) >= 11 is 0. The number of aliphatic hydroxyl groups is 2. The smallest absolute Gasteiger partial charge is 0.152 e. The van der Waals surface area contributed by atoms with Crippen LogP contribution in [0.1, 0.15) is 48.9 Å². The molecular weight excluding hydrogens is 346 g/mol. The number of hydrogen-bond acceptors (Lipinski definition) is 7. The Bertz CT molecular complexity index is 595. The van der Waals surface area contributed by atoms with Crippen LogP contribution in [0.25, 0.3) is 0 Å². The fraction of sp³-hybridized carbons (Fsp3) is 0.700. The third-order valence-electron chi connectivity index (χ3n) is 5.94. The number of nitrogens with one attached hydrogen (secondary N) is 1. The van der Waals surface area contributed by atoms with E-state index in [1.807, 2.05) is 0 Å². The zero-order valence-corrected chi connectivity index (χ0v) is 15.8. The molecule has 3 heterocycles. The first-order valence-electron chi connectivity index (χ1n) is 9.93. The van der Waals surface area contributed by atoms with E-state index in [0.717, 1.165) is 39.1 Å². The minimum atomic E-state index is -1.11. The summed E-state index contributed by atoms with van der Waals surface area (Å²) in [6.07, 6.45) is 8.65. The maximum Gasteiger partial charge on any atom is 0.152 e. The molecule has 0 radical (unpaired) electrons. The van der Waals surface area contributed by atoms with Crippen LogP contribution in [0, 0.1) is 5.41 Å². The maximum absolute atomic E-state index is 10.8. The van der Waals surface area contributed by atoms with Crippen molar-refractivity contribution in [1.82, 2.24) is 9.88 Å². The molecule has 150 valence electrons. The van der Waals surface area contributed by atoms with Crippen molar-refractivity contribution in [1.29, 1.82) is 0 Å². The lowest BCUT2D eigenvalue weighted by Crippen LogP contribution is -2.44. The number of β-amino-alcohol motifs (C(OH)–C–C–N with tert-alkyl or cyclic N) is 1. The molecule has 1 spiro atoms. The number of aldehydes is 1. The number of carbonyl (C=O) groups is 1. The van der Waals surface area contributed by atoms with Gasteiger partial charge in [0.05, 0.1) is 11.9 Å². The first-order valence-corrected chi connectivity index (χ1v) is 9.93. The molecule has 2 aliphatic heterocycles. The average molecular weight is 377 g/mol. The molecule has 0 aliphatic carbocycles. The molecule has 7 nitrogen and oxygen atoms in total. The summed E-state index contributed by atoms with van der Waals surface area (Å²) in [4.78, 5) is 17.0. The van der Waals surface area contributed by atoms with Crippen LogP contribution in [0.2, 0.25) is 0 Å². The summed E-state index contributed by atoms with van der Waals surface area (Å²) in [5.41, 5.74) is 1.40. The number of nitrogens with zero attached hydrogens (tertiary/aromatic N) is 2. The van der Waals surface area contributed by atoms with Gasteiger partial charge in [0.25, 0.3) is 0 Å². The SMILES string of the molecule is O=Cc1cncc(NC(O)C(O)CN2CCCC3(CCC2)CCOCC3)c1. The van der Waals surface area contributed by atoms with E-state index in [2.05, 4.69) is 15.2 Å². The number of rotatable bonds is 6. The molecule has 1 aromatic rings. The van der Waals surface area contributed by atoms with Gasteiger partial charge in [-0.2, -0.15) is 0 Å². The van der Waals surface area contributed by atoms with E-state index in [4.69, 9.17) is 4.74 Å². The van der Waals surface area contributed by atoms with Crippen LogP contribution in [0.15, 0.2) is 18.5 Å². The zero-order chi connectivity index (χ0) is 19.1. The van der Waals surface area contributed by atoms with Crippen molar-refractivity contribution in [2.24, 2.45) is 5.41 Å². The Hall–Kier alpha value is -1.54. The highest BCUT2D eigenvalue weighted by Gasteiger charge is 2.33. The zero-order valence-electron chi connectivity index (χ0n) is 15.8. The Morgan fingerprint density at radius 3 is 2.56 bits per heavy atom. The van der Waals surface area contributed by atoms with Gasteiger partial charge in [-0.1, -0.05) is 0 Å². The Morgan fingerprint density at radius 2 is 1.89 bits per heavy atom. The van der Waals surface area contributed by atoms with Crippen LogP contribution in [0.3, 0.4) is 0 Å². The summed E-state index contributed by atoms with van der Waals surface area (Å²) < 4.78 is 5.53. The third-order valence-corrected chi connectivity index (χ3v) is 5.94. The lowest BCUT2D eigenvalue weighted by Gasteiger charge is -2.40. The second-order valence-corrected chi connectivity index (χ2v) is 7.90. The van der Waals surface area contributed by atoms with Gasteiger partial charge in [-0.05, 0) is 63.1 Å². The normalized spacial score (nSPS) is 23.2. The minimum Gasteiger partial charge on any atom is -0.387 e. The van der Waals surface area contributed by atoms with Gasteiger partial charge in [0.1, 0.15) is 6.10 Å². The van der Waals surface area contributed by atoms with Crippen LogP contribution in [-0.2, 0) is 4.74 Å². The van der Waals surface area contributed by atoms with Crippen molar-refractivity contribution in [2.75, 3.05) is 38.2 Å². The molecule has 2 atom stereocenters. The second-order valence-electron chi connectivity index (χ2n) is 7.90. The summed E-state index contributed by atoms with van der Waals surface area (Å²) in [7, 11) is 0. The van der Waals surface area contributed by atoms with E-state index in [-0.39, 0.29) is 0 Å². The molecule has 0 aromatic carbocycles. The van der Waals surface area contributed by atoms with Crippen molar-refractivity contribution in [3.8, 4) is 0 Å². The highest BCUT2D eigenvalue weighted by molar-refractivity contribution is 5.76. The second kappa shape index (κ2) is 9.59. The minimum absolute atomic E-state index is 0.422. The fourth-order valence-corrected chi connectivity index (χ4v) is 4.31. The topological polar surface area (TPSA) is 94.9 Å².